The van der Waals surface area contributed by atoms with Crippen LogP contribution in [0.2, 0.25) is 0 Å². The van der Waals surface area contributed by atoms with E-state index in [0.717, 1.165) is 35.3 Å². The van der Waals surface area contributed by atoms with Crippen molar-refractivity contribution in [3.05, 3.63) is 53.2 Å². The number of hydrogen-bond acceptors (Lipinski definition) is 5. The van der Waals surface area contributed by atoms with Gasteiger partial charge in [-0.2, -0.15) is 5.10 Å². The fourth-order valence-electron chi connectivity index (χ4n) is 3.84. The molecule has 0 spiro atoms. The second kappa shape index (κ2) is 5.77. The van der Waals surface area contributed by atoms with Crippen LogP contribution in [-0.2, 0) is 24.1 Å². The zero-order valence-corrected chi connectivity index (χ0v) is 14.6. The fraction of sp³-hybridized carbons (Fsp3) is 0.200. The van der Waals surface area contributed by atoms with Gasteiger partial charge >= 0.3 is 0 Å². The average molecular weight is 362 g/mol. The molecule has 2 heterocycles. The quantitative estimate of drug-likeness (QED) is 0.693. The molecular weight excluding hydrogens is 344 g/mol. The third-order valence-corrected chi connectivity index (χ3v) is 5.04. The van der Waals surface area contributed by atoms with Gasteiger partial charge in [0.05, 0.1) is 23.5 Å². The Kier molecular flexibility index (Phi) is 3.36. The van der Waals surface area contributed by atoms with Crippen LogP contribution in [0, 0.1) is 0 Å². The fourth-order valence-corrected chi connectivity index (χ4v) is 3.84. The van der Waals surface area contributed by atoms with Crippen LogP contribution in [0.3, 0.4) is 0 Å². The molecule has 4 N–H and O–H groups in total. The number of nitrogens with zero attached hydrogens (tertiary/aromatic N) is 2. The summed E-state index contributed by atoms with van der Waals surface area (Å²) >= 11 is 0. The van der Waals surface area contributed by atoms with E-state index < -0.39 is 5.91 Å². The van der Waals surface area contributed by atoms with Gasteiger partial charge in [0.25, 0.3) is 0 Å². The Bertz CT molecular complexity index is 1090. The van der Waals surface area contributed by atoms with Crippen LogP contribution in [-0.4, -0.2) is 22.5 Å². The molecule has 0 bridgehead atoms. The van der Waals surface area contributed by atoms with Crippen molar-refractivity contribution in [1.29, 1.82) is 0 Å². The molecule has 2 aliphatic rings. The maximum Gasteiger partial charge on any atom is 0.231 e. The second-order valence-corrected chi connectivity index (χ2v) is 6.78. The first-order chi connectivity index (χ1) is 13.1. The Balaban J connectivity index is 1.74. The molecule has 0 saturated carbocycles. The van der Waals surface area contributed by atoms with Crippen LogP contribution >= 0.6 is 0 Å². The highest BCUT2D eigenvalue weighted by Crippen LogP contribution is 2.40. The van der Waals surface area contributed by atoms with Crippen LogP contribution in [0.1, 0.15) is 16.8 Å². The van der Waals surface area contributed by atoms with Crippen molar-refractivity contribution in [1.82, 2.24) is 9.78 Å². The zero-order valence-electron chi connectivity index (χ0n) is 14.6. The molecule has 0 saturated heterocycles. The summed E-state index contributed by atoms with van der Waals surface area (Å²) in [6.45, 7) is 0.211. The van der Waals surface area contributed by atoms with Gasteiger partial charge in [0, 0.05) is 22.9 Å². The van der Waals surface area contributed by atoms with Gasteiger partial charge in [-0.25, -0.2) is 4.68 Å². The lowest BCUT2D eigenvalue weighted by Crippen LogP contribution is -2.15. The summed E-state index contributed by atoms with van der Waals surface area (Å²) in [7, 11) is 0. The Hall–Kier alpha value is -3.48. The lowest BCUT2D eigenvalue weighted by Gasteiger charge is -2.19. The van der Waals surface area contributed by atoms with Crippen molar-refractivity contribution in [2.45, 2.75) is 19.3 Å². The maximum absolute atomic E-state index is 11.6. The minimum atomic E-state index is -0.397. The number of benzene rings is 2. The van der Waals surface area contributed by atoms with E-state index in [1.807, 2.05) is 35.0 Å². The number of anilines is 1. The van der Waals surface area contributed by atoms with Gasteiger partial charge in [0.1, 0.15) is 0 Å². The average Bonchev–Trinajstić information content (AvgIpc) is 3.25. The summed E-state index contributed by atoms with van der Waals surface area (Å²) in [5.41, 5.74) is 18.0. The Labute approximate surface area is 155 Å². The summed E-state index contributed by atoms with van der Waals surface area (Å²) in [6.07, 6.45) is 1.79. The number of carbonyl (C=O) groups excluding carboxylic acids is 1. The number of amides is 1. The number of aryl methyl sites for hydroxylation is 1. The Morgan fingerprint density at radius 3 is 2.81 bits per heavy atom. The van der Waals surface area contributed by atoms with E-state index in [1.165, 1.54) is 5.56 Å². The summed E-state index contributed by atoms with van der Waals surface area (Å²) < 4.78 is 12.8. The van der Waals surface area contributed by atoms with E-state index in [0.29, 0.717) is 22.9 Å². The van der Waals surface area contributed by atoms with Gasteiger partial charge in [-0.3, -0.25) is 4.79 Å². The number of nitrogen functional groups attached to an aromatic ring is 1. The lowest BCUT2D eigenvalue weighted by molar-refractivity contribution is -0.117. The van der Waals surface area contributed by atoms with Crippen molar-refractivity contribution in [2.24, 2.45) is 5.73 Å². The molecule has 1 aliphatic carbocycles. The normalized spacial score (nSPS) is 13.9. The van der Waals surface area contributed by atoms with E-state index in [2.05, 4.69) is 6.07 Å². The molecule has 2 aromatic carbocycles. The molecule has 3 aromatic rings. The third kappa shape index (κ3) is 2.51. The molecule has 1 amide bonds. The highest BCUT2D eigenvalue weighted by atomic mass is 16.7. The lowest BCUT2D eigenvalue weighted by atomic mass is 9.88. The topological polar surface area (TPSA) is 105 Å². The highest BCUT2D eigenvalue weighted by molar-refractivity contribution is 5.80. The number of rotatable bonds is 3. The number of aromatic nitrogens is 2. The number of fused-ring (bicyclic) bond motifs is 4. The maximum atomic E-state index is 11.6. The monoisotopic (exact) mass is 362 g/mol. The summed E-state index contributed by atoms with van der Waals surface area (Å²) in [4.78, 5) is 11.6. The smallest absolute Gasteiger partial charge is 0.231 e. The van der Waals surface area contributed by atoms with Gasteiger partial charge < -0.3 is 20.9 Å². The van der Waals surface area contributed by atoms with Crippen LogP contribution in [0.25, 0.3) is 16.9 Å². The Morgan fingerprint density at radius 1 is 1.11 bits per heavy atom. The molecule has 27 heavy (non-hydrogen) atoms. The van der Waals surface area contributed by atoms with Crippen LogP contribution in [0.5, 0.6) is 11.5 Å². The van der Waals surface area contributed by atoms with Crippen molar-refractivity contribution < 1.29 is 14.3 Å². The highest BCUT2D eigenvalue weighted by Gasteiger charge is 2.27. The minimum Gasteiger partial charge on any atom is -0.454 e. The van der Waals surface area contributed by atoms with Crippen molar-refractivity contribution in [3.8, 4) is 28.4 Å². The Morgan fingerprint density at radius 2 is 1.96 bits per heavy atom. The molecular formula is C20H18N4O3. The van der Waals surface area contributed by atoms with E-state index in [4.69, 9.17) is 26.0 Å². The third-order valence-electron chi connectivity index (χ3n) is 5.04. The molecule has 1 aromatic heterocycles. The van der Waals surface area contributed by atoms with Crippen LogP contribution in [0.15, 0.2) is 36.4 Å². The van der Waals surface area contributed by atoms with Crippen LogP contribution < -0.4 is 20.9 Å². The van der Waals surface area contributed by atoms with Crippen molar-refractivity contribution in [3.63, 3.8) is 0 Å². The van der Waals surface area contributed by atoms with Crippen molar-refractivity contribution in [2.75, 3.05) is 12.5 Å². The number of ether oxygens (including phenoxy) is 2. The van der Waals surface area contributed by atoms with Crippen LogP contribution in [0.4, 0.5) is 5.69 Å². The van der Waals surface area contributed by atoms with E-state index in [1.54, 1.807) is 0 Å². The number of nitrogens with two attached hydrogens (primary N) is 2. The van der Waals surface area contributed by atoms with Gasteiger partial charge in [0.15, 0.2) is 11.5 Å². The summed E-state index contributed by atoms with van der Waals surface area (Å²) in [5.74, 6) is 0.991. The SMILES string of the molecule is NC(=O)Cc1nn(-c2ccc3c(c2)OCO3)c2c1CCc1ccc(N)cc1-2. The predicted molar refractivity (Wildman–Crippen MR) is 99.8 cm³/mol. The first kappa shape index (κ1) is 15.7. The zero-order chi connectivity index (χ0) is 18.5. The van der Waals surface area contributed by atoms with E-state index in [9.17, 15) is 4.79 Å². The van der Waals surface area contributed by atoms with E-state index >= 15 is 0 Å². The second-order valence-electron chi connectivity index (χ2n) is 6.78. The number of primary amides is 1. The van der Waals surface area contributed by atoms with Crippen molar-refractivity contribution >= 4 is 11.6 Å². The number of hydrogen-bond donors (Lipinski definition) is 2. The van der Waals surface area contributed by atoms with E-state index in [-0.39, 0.29) is 13.2 Å². The molecule has 7 heteroatoms. The first-order valence-corrected chi connectivity index (χ1v) is 8.78. The molecule has 0 unspecified atom stereocenters. The molecule has 7 nitrogen and oxygen atoms in total. The number of carbonyl (C=O) groups is 1. The van der Waals surface area contributed by atoms with Gasteiger partial charge in [-0.1, -0.05) is 6.07 Å². The molecule has 1 aliphatic heterocycles. The standard InChI is InChI=1S/C20H18N4O3/c21-12-3-1-11-2-5-14-16(9-19(22)25)23-24(20(14)15(11)7-12)13-4-6-17-18(8-13)27-10-26-17/h1,3-4,6-8H,2,5,9-10,21H2,(H2,22,25). The first-order valence-electron chi connectivity index (χ1n) is 8.78. The molecule has 0 atom stereocenters. The van der Waals surface area contributed by atoms with Gasteiger partial charge in [0.2, 0.25) is 12.7 Å². The van der Waals surface area contributed by atoms with Gasteiger partial charge in [-0.05, 0) is 42.7 Å². The summed E-state index contributed by atoms with van der Waals surface area (Å²) in [5, 5.41) is 4.73. The minimum absolute atomic E-state index is 0.109. The van der Waals surface area contributed by atoms with Gasteiger partial charge in [-0.15, -0.1) is 0 Å². The summed E-state index contributed by atoms with van der Waals surface area (Å²) in [6, 6.07) is 11.6. The molecule has 0 radical (unpaired) electrons. The molecule has 5 rings (SSSR count). The molecule has 136 valence electrons. The predicted octanol–water partition coefficient (Wildman–Crippen LogP) is 1.98. The largest absolute Gasteiger partial charge is 0.454 e. The molecule has 0 fully saturated rings.